The highest BCUT2D eigenvalue weighted by molar-refractivity contribution is 5.11. The Morgan fingerprint density at radius 1 is 1.43 bits per heavy atom. The van der Waals surface area contributed by atoms with Crippen molar-refractivity contribution >= 4 is 0 Å². The minimum Gasteiger partial charge on any atom is -0.299 e. The van der Waals surface area contributed by atoms with Crippen LogP contribution in [0.4, 0.5) is 8.78 Å². The standard InChI is InChI=1S/C11H17F2N/c1-10(2)4-3-7-14-8-5-11(12,13)6-9-14/h3-4H,1,5-9H2,2H3/b4-3+. The second-order valence-corrected chi connectivity index (χ2v) is 3.91. The molecule has 0 radical (unpaired) electrons. The van der Waals surface area contributed by atoms with Crippen LogP contribution in [0.1, 0.15) is 19.8 Å². The lowest BCUT2D eigenvalue weighted by Gasteiger charge is -2.30. The summed E-state index contributed by atoms with van der Waals surface area (Å²) in [6.45, 7) is 7.39. The van der Waals surface area contributed by atoms with Crippen LogP contribution in [0, 0.1) is 0 Å². The Morgan fingerprint density at radius 2 is 2.00 bits per heavy atom. The van der Waals surface area contributed by atoms with Crippen molar-refractivity contribution in [1.82, 2.24) is 4.90 Å². The van der Waals surface area contributed by atoms with Gasteiger partial charge in [-0.15, -0.1) is 0 Å². The summed E-state index contributed by atoms with van der Waals surface area (Å²) >= 11 is 0. The zero-order valence-corrected chi connectivity index (χ0v) is 8.60. The molecule has 0 bridgehead atoms. The van der Waals surface area contributed by atoms with E-state index < -0.39 is 5.92 Å². The molecule has 1 saturated heterocycles. The van der Waals surface area contributed by atoms with Crippen LogP contribution in [0.2, 0.25) is 0 Å². The van der Waals surface area contributed by atoms with Gasteiger partial charge in [0.05, 0.1) is 0 Å². The monoisotopic (exact) mass is 201 g/mol. The van der Waals surface area contributed by atoms with Crippen LogP contribution in [0.3, 0.4) is 0 Å². The van der Waals surface area contributed by atoms with Crippen molar-refractivity contribution in [3.63, 3.8) is 0 Å². The van der Waals surface area contributed by atoms with Crippen molar-refractivity contribution in [2.75, 3.05) is 19.6 Å². The third kappa shape index (κ3) is 4.01. The maximum atomic E-state index is 12.8. The van der Waals surface area contributed by atoms with Gasteiger partial charge < -0.3 is 0 Å². The molecule has 0 unspecified atom stereocenters. The number of hydrogen-bond acceptors (Lipinski definition) is 1. The lowest BCUT2D eigenvalue weighted by atomic mass is 10.1. The summed E-state index contributed by atoms with van der Waals surface area (Å²) in [5.41, 5.74) is 0.993. The van der Waals surface area contributed by atoms with E-state index in [1.165, 1.54) is 0 Å². The minimum absolute atomic E-state index is 0.00604. The number of likely N-dealkylation sites (tertiary alicyclic amines) is 1. The second kappa shape index (κ2) is 4.69. The van der Waals surface area contributed by atoms with Crippen LogP contribution >= 0.6 is 0 Å². The van der Waals surface area contributed by atoms with Gasteiger partial charge in [0.2, 0.25) is 0 Å². The largest absolute Gasteiger partial charge is 0.299 e. The Labute approximate surface area is 84.1 Å². The first-order valence-electron chi connectivity index (χ1n) is 4.92. The predicted molar refractivity (Wildman–Crippen MR) is 54.6 cm³/mol. The van der Waals surface area contributed by atoms with E-state index in [0.717, 1.165) is 12.1 Å². The third-order valence-electron chi connectivity index (χ3n) is 2.35. The van der Waals surface area contributed by atoms with E-state index in [4.69, 9.17) is 0 Å². The quantitative estimate of drug-likeness (QED) is 0.635. The number of alkyl halides is 2. The average molecular weight is 201 g/mol. The van der Waals surface area contributed by atoms with Crippen molar-refractivity contribution in [2.45, 2.75) is 25.7 Å². The average Bonchev–Trinajstić information content (AvgIpc) is 2.07. The van der Waals surface area contributed by atoms with Gasteiger partial charge in [0.25, 0.3) is 5.92 Å². The molecule has 0 aromatic carbocycles. The van der Waals surface area contributed by atoms with Gasteiger partial charge in [-0.2, -0.15) is 0 Å². The molecule has 1 rings (SSSR count). The number of halogens is 2. The van der Waals surface area contributed by atoms with E-state index in [1.807, 2.05) is 24.0 Å². The Balaban J connectivity index is 2.26. The normalized spacial score (nSPS) is 22.8. The predicted octanol–water partition coefficient (Wildman–Crippen LogP) is 2.85. The molecular weight excluding hydrogens is 184 g/mol. The van der Waals surface area contributed by atoms with Crippen molar-refractivity contribution in [1.29, 1.82) is 0 Å². The number of allylic oxidation sites excluding steroid dienone is 2. The lowest BCUT2D eigenvalue weighted by Crippen LogP contribution is -2.39. The fourth-order valence-electron chi connectivity index (χ4n) is 1.47. The maximum absolute atomic E-state index is 12.8. The molecule has 1 fully saturated rings. The van der Waals surface area contributed by atoms with Gasteiger partial charge in [-0.3, -0.25) is 4.90 Å². The molecular formula is C11H17F2N. The van der Waals surface area contributed by atoms with Gasteiger partial charge in [0.15, 0.2) is 0 Å². The van der Waals surface area contributed by atoms with Crippen LogP contribution in [0.5, 0.6) is 0 Å². The molecule has 80 valence electrons. The summed E-state index contributed by atoms with van der Waals surface area (Å²) < 4.78 is 25.5. The third-order valence-corrected chi connectivity index (χ3v) is 2.35. The molecule has 1 heterocycles. The van der Waals surface area contributed by atoms with Gasteiger partial charge in [0.1, 0.15) is 0 Å². The zero-order chi connectivity index (χ0) is 10.6. The number of piperidine rings is 1. The van der Waals surface area contributed by atoms with Gasteiger partial charge in [-0.25, -0.2) is 8.78 Å². The molecule has 0 N–H and O–H groups in total. The molecule has 1 aliphatic heterocycles. The van der Waals surface area contributed by atoms with Gasteiger partial charge in [-0.05, 0) is 6.92 Å². The Hall–Kier alpha value is -0.700. The smallest absolute Gasteiger partial charge is 0.250 e. The zero-order valence-electron chi connectivity index (χ0n) is 8.60. The fourth-order valence-corrected chi connectivity index (χ4v) is 1.47. The van der Waals surface area contributed by atoms with Crippen LogP contribution < -0.4 is 0 Å². The summed E-state index contributed by atoms with van der Waals surface area (Å²) in [7, 11) is 0. The summed E-state index contributed by atoms with van der Waals surface area (Å²) in [5, 5.41) is 0. The minimum atomic E-state index is -2.44. The molecule has 1 aliphatic rings. The SMILES string of the molecule is C=C(C)/C=C/CN1CCC(F)(F)CC1. The molecule has 0 saturated carbocycles. The van der Waals surface area contributed by atoms with Gasteiger partial charge >= 0.3 is 0 Å². The van der Waals surface area contributed by atoms with Crippen LogP contribution in [-0.2, 0) is 0 Å². The first-order chi connectivity index (χ1) is 6.49. The van der Waals surface area contributed by atoms with Crippen molar-refractivity contribution in [2.24, 2.45) is 0 Å². The molecule has 0 spiro atoms. The molecule has 0 atom stereocenters. The lowest BCUT2D eigenvalue weighted by molar-refractivity contribution is -0.0530. The van der Waals surface area contributed by atoms with E-state index in [2.05, 4.69) is 6.58 Å². The Morgan fingerprint density at radius 3 is 2.50 bits per heavy atom. The Bertz CT molecular complexity index is 223. The fraction of sp³-hybridized carbons (Fsp3) is 0.636. The molecule has 3 heteroatoms. The van der Waals surface area contributed by atoms with Crippen molar-refractivity contribution < 1.29 is 8.78 Å². The van der Waals surface area contributed by atoms with Crippen molar-refractivity contribution in [3.05, 3.63) is 24.3 Å². The number of hydrogen-bond donors (Lipinski definition) is 0. The first-order valence-corrected chi connectivity index (χ1v) is 4.92. The molecule has 0 aromatic heterocycles. The van der Waals surface area contributed by atoms with Crippen LogP contribution in [-0.4, -0.2) is 30.5 Å². The van der Waals surface area contributed by atoms with E-state index in [0.29, 0.717) is 13.1 Å². The highest BCUT2D eigenvalue weighted by atomic mass is 19.3. The number of rotatable bonds is 3. The van der Waals surface area contributed by atoms with E-state index >= 15 is 0 Å². The Kier molecular flexibility index (Phi) is 3.81. The molecule has 1 nitrogen and oxygen atoms in total. The van der Waals surface area contributed by atoms with Gasteiger partial charge in [-0.1, -0.05) is 24.3 Å². The molecule has 0 amide bonds. The summed E-state index contributed by atoms with van der Waals surface area (Å²) in [6.07, 6.45) is 3.89. The van der Waals surface area contributed by atoms with Crippen LogP contribution in [0.15, 0.2) is 24.3 Å². The number of nitrogens with zero attached hydrogens (tertiary/aromatic N) is 1. The van der Waals surface area contributed by atoms with E-state index in [-0.39, 0.29) is 12.8 Å². The van der Waals surface area contributed by atoms with Crippen LogP contribution in [0.25, 0.3) is 0 Å². The van der Waals surface area contributed by atoms with Crippen molar-refractivity contribution in [3.8, 4) is 0 Å². The first kappa shape index (κ1) is 11.4. The summed E-state index contributed by atoms with van der Waals surface area (Å²) in [4.78, 5) is 2.04. The topological polar surface area (TPSA) is 3.24 Å². The maximum Gasteiger partial charge on any atom is 0.250 e. The summed E-state index contributed by atoms with van der Waals surface area (Å²) in [6, 6.07) is 0. The van der Waals surface area contributed by atoms with Gasteiger partial charge in [0, 0.05) is 32.5 Å². The van der Waals surface area contributed by atoms with E-state index in [9.17, 15) is 8.78 Å². The second-order valence-electron chi connectivity index (χ2n) is 3.91. The highest BCUT2D eigenvalue weighted by Gasteiger charge is 2.33. The molecule has 14 heavy (non-hydrogen) atoms. The highest BCUT2D eigenvalue weighted by Crippen LogP contribution is 2.27. The molecule has 0 aliphatic carbocycles. The molecule has 0 aromatic rings. The van der Waals surface area contributed by atoms with E-state index in [1.54, 1.807) is 0 Å². The summed E-state index contributed by atoms with van der Waals surface area (Å²) in [5.74, 6) is -2.44.